The van der Waals surface area contributed by atoms with Gasteiger partial charge < -0.3 is 0 Å². The minimum absolute atomic E-state index is 0. The van der Waals surface area contributed by atoms with Crippen LogP contribution in [0, 0.1) is 0 Å². The summed E-state index contributed by atoms with van der Waals surface area (Å²) in [4.78, 5) is 0. The smallest absolute Gasteiger partial charge is 0.0843 e. The molecule has 0 saturated heterocycles. The van der Waals surface area contributed by atoms with E-state index in [4.69, 9.17) is 139 Å². The predicted octanol–water partition coefficient (Wildman–Crippen LogP) is 20.5. The first-order chi connectivity index (χ1) is 42.5. The van der Waals surface area contributed by atoms with E-state index in [1.807, 2.05) is 146 Å². The van der Waals surface area contributed by atoms with Crippen LogP contribution in [0.2, 0.25) is 60.3 Å². The van der Waals surface area contributed by atoms with Crippen molar-refractivity contribution in [3.8, 4) is 0 Å². The van der Waals surface area contributed by atoms with E-state index in [0.717, 1.165) is 60.3 Å². The molecule has 0 spiro atoms. The molecule has 450 valence electrons. The summed E-state index contributed by atoms with van der Waals surface area (Å²) in [7, 11) is -4.41. The predicted molar refractivity (Wildman–Crippen MR) is 406 cm³/mol. The molecule has 0 aliphatic heterocycles. The van der Waals surface area contributed by atoms with Crippen LogP contribution in [-0.2, 0) is 21.1 Å². The Balaban J connectivity index is 0.000000153. The van der Waals surface area contributed by atoms with Gasteiger partial charge >= 0.3 is 0 Å². The molecule has 0 aliphatic carbocycles. The van der Waals surface area contributed by atoms with E-state index in [2.05, 4.69) is 146 Å². The molecule has 17 heteroatoms. The Morgan fingerprint density at radius 3 is 0.225 bits per heavy atom. The average Bonchev–Trinajstić information content (AvgIpc) is 2.73. The second-order valence-corrected chi connectivity index (χ2v) is 34.7. The van der Waals surface area contributed by atoms with Gasteiger partial charge in [0.25, 0.3) is 0 Å². The summed E-state index contributed by atoms with van der Waals surface area (Å²) in [5.74, 6) is 0. The summed E-state index contributed by atoms with van der Waals surface area (Å²) < 4.78 is 0. The minimum Gasteiger partial charge on any atom is -0.0843 e. The van der Waals surface area contributed by atoms with Crippen LogP contribution in [0.25, 0.3) is 0 Å². The van der Waals surface area contributed by atoms with Crippen LogP contribution in [0.15, 0.2) is 291 Å². The van der Waals surface area contributed by atoms with E-state index >= 15 is 0 Å². The molecule has 0 atom stereocenters. The minimum atomic E-state index is -1.10. The molecule has 0 bridgehead atoms. The van der Waals surface area contributed by atoms with Gasteiger partial charge in [0.1, 0.15) is 63.7 Å². The Morgan fingerprint density at radius 1 is 0.112 bits per heavy atom. The van der Waals surface area contributed by atoms with E-state index in [1.165, 1.54) is 63.7 Å². The van der Waals surface area contributed by atoms with Gasteiger partial charge in [0.2, 0.25) is 0 Å². The summed E-state index contributed by atoms with van der Waals surface area (Å²) in [6.45, 7) is 0. The van der Waals surface area contributed by atoms with Gasteiger partial charge in [-0.05, 0) is 291 Å². The summed E-state index contributed by atoms with van der Waals surface area (Å²) in [5, 5.41) is 24.3. The summed E-state index contributed by atoms with van der Waals surface area (Å²) >= 11 is 72.3. The third-order valence-electron chi connectivity index (χ3n) is 13.6. The fourth-order valence-electron chi connectivity index (χ4n) is 9.40. The quantitative estimate of drug-likeness (QED) is 0.107. The van der Waals surface area contributed by atoms with Crippen LogP contribution in [-0.4, -0.2) is 0 Å². The van der Waals surface area contributed by atoms with Crippen LogP contribution in [0.5, 0.6) is 0 Å². The van der Waals surface area contributed by atoms with Gasteiger partial charge in [-0.15, -0.1) is 0 Å². The summed E-state index contributed by atoms with van der Waals surface area (Å²) in [6, 6.07) is 96.8. The second kappa shape index (κ2) is 35.7. The molecule has 0 aromatic heterocycles. The van der Waals surface area contributed by atoms with Crippen molar-refractivity contribution in [3.63, 3.8) is 0 Å². The fourth-order valence-corrected chi connectivity index (χ4v) is 20.9. The van der Waals surface area contributed by atoms with Crippen molar-refractivity contribution in [1.82, 2.24) is 0 Å². The normalized spacial score (nSPS) is 10.8. The number of rotatable bonds is 12. The summed E-state index contributed by atoms with van der Waals surface area (Å²) in [6.07, 6.45) is 0. The van der Waals surface area contributed by atoms with E-state index in [-0.39, 0.29) is 21.1 Å². The molecular weight excluding hydrogens is 1610 g/mol. The van der Waals surface area contributed by atoms with E-state index in [0.29, 0.717) is 0 Å². The van der Waals surface area contributed by atoms with Crippen molar-refractivity contribution in [2.75, 3.05) is 0 Å². The molecule has 0 radical (unpaired) electrons. The molecule has 0 saturated carbocycles. The van der Waals surface area contributed by atoms with Crippen LogP contribution in [0.4, 0.5) is 0 Å². The average molecular weight is 1660 g/mol. The number of hydrogen-bond acceptors (Lipinski definition) is 0. The van der Waals surface area contributed by atoms with E-state index in [1.54, 1.807) is 0 Å². The van der Waals surface area contributed by atoms with Gasteiger partial charge in [0, 0.05) is 81.3 Å². The van der Waals surface area contributed by atoms with E-state index in [9.17, 15) is 0 Å². The molecule has 0 nitrogen and oxygen atoms in total. The zero-order valence-corrected chi connectivity index (χ0v) is 61.9. The van der Waals surface area contributed by atoms with Crippen molar-refractivity contribution in [3.05, 3.63) is 351 Å². The van der Waals surface area contributed by atoms with Gasteiger partial charge in [-0.1, -0.05) is 139 Å². The Morgan fingerprint density at radius 2 is 0.169 bits per heavy atom. The number of benzene rings is 12. The van der Waals surface area contributed by atoms with Crippen molar-refractivity contribution in [2.24, 2.45) is 0 Å². The van der Waals surface area contributed by atoms with E-state index < -0.39 is 31.7 Å². The van der Waals surface area contributed by atoms with Crippen molar-refractivity contribution in [2.45, 2.75) is 0 Å². The van der Waals surface area contributed by atoms with Gasteiger partial charge in [0.15, 0.2) is 0 Å². The van der Waals surface area contributed by atoms with Crippen molar-refractivity contribution in [1.29, 1.82) is 0 Å². The maximum atomic E-state index is 6.03. The Labute approximate surface area is 600 Å². The molecule has 0 N–H and O–H groups in total. The largest absolute Gasteiger partial charge is 0.102 e. The zero-order valence-electron chi connectivity index (χ0n) is 46.6. The zero-order chi connectivity index (χ0) is 62.1. The number of halogens is 12. The second-order valence-electron chi connectivity index (χ2n) is 19.6. The first-order valence-corrected chi connectivity index (χ1v) is 37.7. The summed E-state index contributed by atoms with van der Waals surface area (Å²) in [5.41, 5.74) is 0. The van der Waals surface area contributed by atoms with Gasteiger partial charge in [-0.25, -0.2) is 0 Å². The van der Waals surface area contributed by atoms with Crippen LogP contribution >= 0.6 is 171 Å². The standard InChI is InChI=1S/4C18H12Cl3P.Pt/c4*19-13-1-7-16(8-2-13)22(17-9-3-14(20)4-10-17)18-11-5-15(21)6-12-18;/h4*1-12H;/p+4. The molecule has 12 rings (SSSR count). The molecule has 0 heterocycles. The Hall–Kier alpha value is -3.47. The van der Waals surface area contributed by atoms with Crippen molar-refractivity contribution < 1.29 is 21.1 Å². The maximum absolute atomic E-state index is 6.03. The molecular formula is C72H52Cl12P4Pt+4. The molecule has 89 heavy (non-hydrogen) atoms. The third kappa shape index (κ3) is 21.3. The Bertz CT molecular complexity index is 3120. The molecule has 0 fully saturated rings. The molecule has 0 unspecified atom stereocenters. The first kappa shape index (κ1) is 71.4. The van der Waals surface area contributed by atoms with Crippen LogP contribution in [0.1, 0.15) is 0 Å². The molecule has 12 aromatic rings. The monoisotopic (exact) mass is 1650 g/mol. The van der Waals surface area contributed by atoms with Crippen LogP contribution in [0.3, 0.4) is 0 Å². The maximum Gasteiger partial charge on any atom is 0.102 e. The third-order valence-corrected chi connectivity index (χ3v) is 27.5. The number of hydrogen-bond donors (Lipinski definition) is 0. The van der Waals surface area contributed by atoms with Gasteiger partial charge in [0.05, 0.1) is 31.7 Å². The van der Waals surface area contributed by atoms with Gasteiger partial charge in [-0.2, -0.15) is 0 Å². The van der Waals surface area contributed by atoms with Crippen molar-refractivity contribution >= 4 is 235 Å². The molecule has 0 amide bonds. The fraction of sp³-hybridized carbons (Fsp3) is 0. The first-order valence-electron chi connectivity index (χ1n) is 27.1. The molecule has 0 aliphatic rings. The van der Waals surface area contributed by atoms with Gasteiger partial charge in [-0.3, -0.25) is 0 Å². The Kier molecular flexibility index (Phi) is 28.6. The SMILES string of the molecule is Clc1ccc([PH+](c2ccc(Cl)cc2)c2ccc(Cl)cc2)cc1.Clc1ccc([PH+](c2ccc(Cl)cc2)c2ccc(Cl)cc2)cc1.Clc1ccc([PH+](c2ccc(Cl)cc2)c2ccc(Cl)cc2)cc1.Clc1ccc([PH+](c2ccc(Cl)cc2)c2ccc(Cl)cc2)cc1.[Pt]. The molecule has 12 aromatic carbocycles. The van der Waals surface area contributed by atoms with Crippen LogP contribution < -0.4 is 63.7 Å². The topological polar surface area (TPSA) is 0 Å².